The van der Waals surface area contributed by atoms with E-state index < -0.39 is 0 Å². The van der Waals surface area contributed by atoms with Crippen molar-refractivity contribution in [3.05, 3.63) is 0 Å². The predicted molar refractivity (Wildman–Crippen MR) is 67.6 cm³/mol. The summed E-state index contributed by atoms with van der Waals surface area (Å²) in [7, 11) is 0. The van der Waals surface area contributed by atoms with Crippen LogP contribution in [0.3, 0.4) is 0 Å². The van der Waals surface area contributed by atoms with Crippen molar-refractivity contribution in [2.24, 2.45) is 11.3 Å². The highest BCUT2D eigenvalue weighted by molar-refractivity contribution is 4.96. The van der Waals surface area contributed by atoms with Gasteiger partial charge in [-0.2, -0.15) is 0 Å². The summed E-state index contributed by atoms with van der Waals surface area (Å²) in [6.45, 7) is 11.5. The van der Waals surface area contributed by atoms with E-state index in [-0.39, 0.29) is 5.60 Å². The third kappa shape index (κ3) is 2.78. The Balaban J connectivity index is 1.88. The van der Waals surface area contributed by atoms with Crippen molar-refractivity contribution in [2.45, 2.75) is 65.1 Å². The highest BCUT2D eigenvalue weighted by Crippen LogP contribution is 2.41. The monoisotopic (exact) mass is 225 g/mol. The van der Waals surface area contributed by atoms with Gasteiger partial charge in [-0.05, 0) is 50.9 Å². The van der Waals surface area contributed by atoms with Gasteiger partial charge in [-0.25, -0.2) is 0 Å². The van der Waals surface area contributed by atoms with E-state index in [1.165, 1.54) is 38.8 Å². The van der Waals surface area contributed by atoms with E-state index in [2.05, 4.69) is 33.0 Å². The summed E-state index contributed by atoms with van der Waals surface area (Å²) < 4.78 is 6.13. The molecule has 2 fully saturated rings. The quantitative estimate of drug-likeness (QED) is 0.794. The first-order chi connectivity index (χ1) is 7.41. The second-order valence-electron chi connectivity index (χ2n) is 6.94. The first-order valence-corrected chi connectivity index (χ1v) is 6.79. The molecular weight excluding hydrogens is 198 g/mol. The Labute approximate surface area is 100 Å². The first kappa shape index (κ1) is 12.4. The Hall–Kier alpha value is -0.0800. The Morgan fingerprint density at radius 3 is 2.38 bits per heavy atom. The van der Waals surface area contributed by atoms with Crippen molar-refractivity contribution in [2.75, 3.05) is 13.1 Å². The van der Waals surface area contributed by atoms with Crippen molar-refractivity contribution in [3.63, 3.8) is 0 Å². The fourth-order valence-electron chi connectivity index (χ4n) is 3.42. The molecule has 2 heteroatoms. The maximum absolute atomic E-state index is 6.13. The molecular formula is C14H27NO. The molecule has 0 amide bonds. The van der Waals surface area contributed by atoms with Gasteiger partial charge in [-0.15, -0.1) is 0 Å². The topological polar surface area (TPSA) is 21.3 Å². The molecule has 16 heavy (non-hydrogen) atoms. The third-order valence-electron chi connectivity index (χ3n) is 4.06. The normalized spacial score (nSPS) is 31.7. The van der Waals surface area contributed by atoms with Crippen LogP contribution in [0.1, 0.15) is 53.4 Å². The largest absolute Gasteiger partial charge is 0.372 e. The highest BCUT2D eigenvalue weighted by atomic mass is 16.5. The fraction of sp³-hybridized carbons (Fsp3) is 1.00. The van der Waals surface area contributed by atoms with Gasteiger partial charge in [-0.1, -0.05) is 13.8 Å². The lowest BCUT2D eigenvalue weighted by Crippen LogP contribution is -2.55. The zero-order valence-corrected chi connectivity index (χ0v) is 11.3. The number of ether oxygens (including phenoxy) is 1. The van der Waals surface area contributed by atoms with Crippen molar-refractivity contribution in [3.8, 4) is 0 Å². The summed E-state index contributed by atoms with van der Waals surface area (Å²) in [6, 6.07) is 0. The first-order valence-electron chi connectivity index (χ1n) is 6.79. The average Bonchev–Trinajstić information content (AvgIpc) is 2.40. The molecule has 0 spiro atoms. The van der Waals surface area contributed by atoms with Crippen LogP contribution in [0.5, 0.6) is 0 Å². The molecule has 1 unspecified atom stereocenters. The zero-order valence-electron chi connectivity index (χ0n) is 11.3. The lowest BCUT2D eigenvalue weighted by Gasteiger charge is -2.45. The molecule has 0 saturated carbocycles. The van der Waals surface area contributed by atoms with Gasteiger partial charge in [0.2, 0.25) is 0 Å². The van der Waals surface area contributed by atoms with Gasteiger partial charge in [0.1, 0.15) is 0 Å². The molecule has 0 aromatic carbocycles. The van der Waals surface area contributed by atoms with Gasteiger partial charge in [0, 0.05) is 13.1 Å². The van der Waals surface area contributed by atoms with Gasteiger partial charge in [0.05, 0.1) is 11.7 Å². The maximum Gasteiger partial charge on any atom is 0.0631 e. The molecule has 0 radical (unpaired) electrons. The van der Waals surface area contributed by atoms with Crippen LogP contribution >= 0.6 is 0 Å². The molecule has 2 saturated heterocycles. The molecule has 2 heterocycles. The molecule has 0 aromatic heterocycles. The van der Waals surface area contributed by atoms with Gasteiger partial charge in [-0.3, -0.25) is 0 Å². The minimum atomic E-state index is 0.126. The van der Waals surface area contributed by atoms with Crippen LogP contribution in [0.4, 0.5) is 0 Å². The van der Waals surface area contributed by atoms with Crippen LogP contribution in [0.2, 0.25) is 0 Å². The molecule has 0 aromatic rings. The number of nitrogens with one attached hydrogen (secondary N) is 1. The molecule has 2 aliphatic heterocycles. The molecule has 2 nitrogen and oxygen atoms in total. The Kier molecular flexibility index (Phi) is 3.33. The SMILES string of the molecule is CC(C)CC1(CC2CCC(C)(C)O2)CNC1. The summed E-state index contributed by atoms with van der Waals surface area (Å²) in [4.78, 5) is 0. The third-order valence-corrected chi connectivity index (χ3v) is 4.06. The Bertz CT molecular complexity index is 243. The van der Waals surface area contributed by atoms with E-state index in [0.717, 1.165) is 5.92 Å². The number of rotatable bonds is 4. The smallest absolute Gasteiger partial charge is 0.0631 e. The van der Waals surface area contributed by atoms with Crippen molar-refractivity contribution in [1.82, 2.24) is 5.32 Å². The Morgan fingerprint density at radius 1 is 1.31 bits per heavy atom. The summed E-state index contributed by atoms with van der Waals surface area (Å²) in [5.74, 6) is 0.802. The van der Waals surface area contributed by atoms with Crippen LogP contribution in [0.15, 0.2) is 0 Å². The van der Waals surface area contributed by atoms with Crippen LogP contribution in [0.25, 0.3) is 0 Å². The van der Waals surface area contributed by atoms with Crippen molar-refractivity contribution < 1.29 is 4.74 Å². The van der Waals surface area contributed by atoms with Crippen LogP contribution < -0.4 is 5.32 Å². The van der Waals surface area contributed by atoms with Crippen LogP contribution in [-0.4, -0.2) is 24.8 Å². The predicted octanol–water partition coefficient (Wildman–Crippen LogP) is 2.97. The van der Waals surface area contributed by atoms with Gasteiger partial charge < -0.3 is 10.1 Å². The average molecular weight is 225 g/mol. The maximum atomic E-state index is 6.13. The van der Waals surface area contributed by atoms with E-state index >= 15 is 0 Å². The van der Waals surface area contributed by atoms with E-state index in [1.54, 1.807) is 0 Å². The summed E-state index contributed by atoms with van der Waals surface area (Å²) in [5, 5.41) is 3.45. The van der Waals surface area contributed by atoms with Gasteiger partial charge in [0.25, 0.3) is 0 Å². The van der Waals surface area contributed by atoms with Crippen molar-refractivity contribution in [1.29, 1.82) is 0 Å². The van der Waals surface area contributed by atoms with E-state index in [1.807, 2.05) is 0 Å². The second kappa shape index (κ2) is 4.30. The van der Waals surface area contributed by atoms with Crippen LogP contribution in [0, 0.1) is 11.3 Å². The number of hydrogen-bond acceptors (Lipinski definition) is 2. The minimum absolute atomic E-state index is 0.126. The molecule has 94 valence electrons. The molecule has 0 aliphatic carbocycles. The lowest BCUT2D eigenvalue weighted by atomic mass is 9.71. The van der Waals surface area contributed by atoms with Crippen molar-refractivity contribution >= 4 is 0 Å². The standard InChI is InChI=1S/C14H27NO/c1-11(2)7-14(9-15-10-14)8-12-5-6-13(3,4)16-12/h11-12,15H,5-10H2,1-4H3. The molecule has 1 N–H and O–H groups in total. The van der Waals surface area contributed by atoms with Gasteiger partial charge >= 0.3 is 0 Å². The summed E-state index contributed by atoms with van der Waals surface area (Å²) in [5.41, 5.74) is 0.667. The second-order valence-corrected chi connectivity index (χ2v) is 6.94. The van der Waals surface area contributed by atoms with E-state index in [0.29, 0.717) is 11.5 Å². The van der Waals surface area contributed by atoms with E-state index in [4.69, 9.17) is 4.74 Å². The Morgan fingerprint density at radius 2 is 2.00 bits per heavy atom. The molecule has 2 rings (SSSR count). The van der Waals surface area contributed by atoms with Crippen LogP contribution in [-0.2, 0) is 4.74 Å². The highest BCUT2D eigenvalue weighted by Gasteiger charge is 2.42. The summed E-state index contributed by atoms with van der Waals surface area (Å²) >= 11 is 0. The summed E-state index contributed by atoms with van der Waals surface area (Å²) in [6.07, 6.45) is 5.60. The van der Waals surface area contributed by atoms with Gasteiger partial charge in [0.15, 0.2) is 0 Å². The minimum Gasteiger partial charge on any atom is -0.372 e. The molecule has 0 bridgehead atoms. The fourth-order valence-corrected chi connectivity index (χ4v) is 3.42. The zero-order chi connectivity index (χ0) is 11.8. The lowest BCUT2D eigenvalue weighted by molar-refractivity contribution is -0.0475. The number of hydrogen-bond donors (Lipinski definition) is 1. The molecule has 1 atom stereocenters. The van der Waals surface area contributed by atoms with E-state index in [9.17, 15) is 0 Å². The molecule has 2 aliphatic rings.